The van der Waals surface area contributed by atoms with E-state index in [0.29, 0.717) is 6.61 Å². The molecule has 2 fully saturated rings. The highest BCUT2D eigenvalue weighted by Crippen LogP contribution is 2.41. The molecule has 0 radical (unpaired) electrons. The van der Waals surface area contributed by atoms with Gasteiger partial charge in [-0.05, 0) is 25.7 Å². The van der Waals surface area contributed by atoms with Crippen LogP contribution >= 0.6 is 0 Å². The summed E-state index contributed by atoms with van der Waals surface area (Å²) in [6.07, 6.45) is 3.74. The van der Waals surface area contributed by atoms with Crippen LogP contribution in [0.1, 0.15) is 50.4 Å². The van der Waals surface area contributed by atoms with Gasteiger partial charge in [-0.1, -0.05) is 6.92 Å². The van der Waals surface area contributed by atoms with E-state index in [9.17, 15) is 8.42 Å². The first kappa shape index (κ1) is 13.0. The van der Waals surface area contributed by atoms with Crippen LogP contribution in [-0.2, 0) is 14.8 Å². The van der Waals surface area contributed by atoms with Gasteiger partial charge in [-0.25, -0.2) is 13.6 Å². The average Bonchev–Trinajstić information content (AvgIpc) is 2.92. The Hall–Kier alpha value is -0.990. The molecule has 2 N–H and O–H groups in total. The molecule has 1 aliphatic heterocycles. The predicted molar refractivity (Wildman–Crippen MR) is 67.1 cm³/mol. The summed E-state index contributed by atoms with van der Waals surface area (Å²) in [5.41, 5.74) is 0. The van der Waals surface area contributed by atoms with Crippen LogP contribution < -0.4 is 5.14 Å². The fourth-order valence-electron chi connectivity index (χ4n) is 2.76. The summed E-state index contributed by atoms with van der Waals surface area (Å²) in [4.78, 5) is 0. The average molecular weight is 286 g/mol. The fourth-order valence-corrected chi connectivity index (χ4v) is 3.43. The van der Waals surface area contributed by atoms with Crippen LogP contribution in [0.3, 0.4) is 0 Å². The van der Waals surface area contributed by atoms with E-state index >= 15 is 0 Å². The summed E-state index contributed by atoms with van der Waals surface area (Å²) in [6.45, 7) is 2.74. The fraction of sp³-hybridized carbons (Fsp3) is 0.818. The van der Waals surface area contributed by atoms with E-state index in [1.807, 2.05) is 0 Å². The molecule has 2 aliphatic rings. The van der Waals surface area contributed by atoms with Crippen molar-refractivity contribution in [1.82, 2.24) is 14.8 Å². The molecule has 106 valence electrons. The summed E-state index contributed by atoms with van der Waals surface area (Å²) < 4.78 is 30.6. The summed E-state index contributed by atoms with van der Waals surface area (Å²) in [5.74, 6) is 0.837. The Kier molecular flexibility index (Phi) is 3.11. The monoisotopic (exact) mass is 286 g/mol. The molecule has 3 rings (SSSR count). The molecule has 8 heteroatoms. The molecular formula is C11H18N4O3S. The van der Waals surface area contributed by atoms with Crippen molar-refractivity contribution in [3.63, 3.8) is 0 Å². The molecule has 0 aromatic carbocycles. The summed E-state index contributed by atoms with van der Waals surface area (Å²) >= 11 is 0. The third-order valence-electron chi connectivity index (χ3n) is 3.80. The number of sulfonamides is 1. The Bertz CT molecular complexity index is 579. The number of nitrogens with two attached hydrogens (primary N) is 1. The minimum absolute atomic E-state index is 0.0926. The van der Waals surface area contributed by atoms with Gasteiger partial charge in [0.15, 0.2) is 0 Å². The van der Waals surface area contributed by atoms with Gasteiger partial charge in [0.05, 0.1) is 6.10 Å². The van der Waals surface area contributed by atoms with Crippen molar-refractivity contribution in [3.05, 3.63) is 5.82 Å². The normalized spacial score (nSPS) is 27.9. The minimum Gasteiger partial charge on any atom is -0.377 e. The molecule has 0 amide bonds. The smallest absolute Gasteiger partial charge is 0.273 e. The van der Waals surface area contributed by atoms with Crippen LogP contribution in [0.15, 0.2) is 5.16 Å². The maximum Gasteiger partial charge on any atom is 0.273 e. The number of aromatic nitrogens is 3. The van der Waals surface area contributed by atoms with Gasteiger partial charge in [0.1, 0.15) is 5.82 Å². The van der Waals surface area contributed by atoms with Crippen molar-refractivity contribution >= 4 is 10.0 Å². The number of nitrogens with zero attached hydrogens (tertiary/aromatic N) is 3. The lowest BCUT2D eigenvalue weighted by atomic mass is 9.99. The molecule has 0 spiro atoms. The molecule has 2 atom stereocenters. The lowest BCUT2D eigenvalue weighted by Crippen LogP contribution is -2.22. The van der Waals surface area contributed by atoms with E-state index in [2.05, 4.69) is 17.1 Å². The lowest BCUT2D eigenvalue weighted by molar-refractivity contribution is 0.0987. The highest BCUT2D eigenvalue weighted by molar-refractivity contribution is 7.89. The number of primary sulfonamides is 1. The maximum atomic E-state index is 11.6. The van der Waals surface area contributed by atoms with Gasteiger partial charge in [-0.2, -0.15) is 0 Å². The molecule has 1 aromatic heterocycles. The largest absolute Gasteiger partial charge is 0.377 e. The van der Waals surface area contributed by atoms with Crippen molar-refractivity contribution in [3.8, 4) is 0 Å². The van der Waals surface area contributed by atoms with Gasteiger partial charge in [0, 0.05) is 18.6 Å². The molecule has 7 nitrogen and oxygen atoms in total. The molecule has 1 aliphatic carbocycles. The molecule has 19 heavy (non-hydrogen) atoms. The Morgan fingerprint density at radius 1 is 1.37 bits per heavy atom. The number of ether oxygens (including phenoxy) is 1. The standard InChI is InChI=1S/C11H18N4O3S/c1-2-9-8(5-6-18-9)10-13-14-11(19(12,16)17)15(10)7-3-4-7/h7-9H,2-6H2,1H3,(H2,12,16,17). The Balaban J connectivity index is 2.04. The van der Waals surface area contributed by atoms with E-state index in [0.717, 1.165) is 31.5 Å². The van der Waals surface area contributed by atoms with Gasteiger partial charge >= 0.3 is 0 Å². The van der Waals surface area contributed by atoms with E-state index in [4.69, 9.17) is 9.88 Å². The van der Waals surface area contributed by atoms with Crippen molar-refractivity contribution in [2.45, 2.75) is 55.8 Å². The SMILES string of the molecule is CCC1OCCC1c1nnc(S(N)(=O)=O)n1C1CC1. The number of hydrogen-bond donors (Lipinski definition) is 1. The lowest BCUT2D eigenvalue weighted by Gasteiger charge is -2.17. The van der Waals surface area contributed by atoms with Gasteiger partial charge in [0.25, 0.3) is 15.2 Å². The first-order valence-electron chi connectivity index (χ1n) is 6.61. The highest BCUT2D eigenvalue weighted by Gasteiger charge is 2.39. The van der Waals surface area contributed by atoms with Crippen molar-refractivity contribution in [2.24, 2.45) is 5.14 Å². The molecule has 1 saturated carbocycles. The maximum absolute atomic E-state index is 11.6. The second kappa shape index (κ2) is 4.53. The van der Waals surface area contributed by atoms with Crippen LogP contribution in [-0.4, -0.2) is 35.9 Å². The zero-order valence-electron chi connectivity index (χ0n) is 10.8. The third-order valence-corrected chi connectivity index (χ3v) is 4.59. The van der Waals surface area contributed by atoms with Crippen LogP contribution in [0.25, 0.3) is 0 Å². The Morgan fingerprint density at radius 3 is 2.68 bits per heavy atom. The van der Waals surface area contributed by atoms with Gasteiger partial charge < -0.3 is 4.74 Å². The first-order valence-corrected chi connectivity index (χ1v) is 8.16. The van der Waals surface area contributed by atoms with Crippen LogP contribution in [0.4, 0.5) is 0 Å². The third kappa shape index (κ3) is 2.28. The Labute approximate surface area is 112 Å². The Morgan fingerprint density at radius 2 is 2.11 bits per heavy atom. The molecule has 2 unspecified atom stereocenters. The molecule has 0 bridgehead atoms. The van der Waals surface area contributed by atoms with Crippen molar-refractivity contribution in [1.29, 1.82) is 0 Å². The molecule has 1 aromatic rings. The number of rotatable bonds is 4. The second-order valence-corrected chi connectivity index (χ2v) is 6.65. The van der Waals surface area contributed by atoms with E-state index in [-0.39, 0.29) is 23.2 Å². The van der Waals surface area contributed by atoms with Crippen molar-refractivity contribution in [2.75, 3.05) is 6.61 Å². The zero-order valence-corrected chi connectivity index (χ0v) is 11.6. The predicted octanol–water partition coefficient (Wildman–Crippen LogP) is 0.543. The van der Waals surface area contributed by atoms with E-state index < -0.39 is 10.0 Å². The van der Waals surface area contributed by atoms with E-state index in [1.165, 1.54) is 0 Å². The summed E-state index contributed by atoms with van der Waals surface area (Å²) in [6, 6.07) is 0.177. The van der Waals surface area contributed by atoms with Crippen molar-refractivity contribution < 1.29 is 13.2 Å². The number of hydrogen-bond acceptors (Lipinski definition) is 5. The van der Waals surface area contributed by atoms with Gasteiger partial charge in [-0.15, -0.1) is 10.2 Å². The highest BCUT2D eigenvalue weighted by atomic mass is 32.2. The summed E-state index contributed by atoms with van der Waals surface area (Å²) in [7, 11) is -3.82. The zero-order chi connectivity index (χ0) is 13.6. The van der Waals surface area contributed by atoms with E-state index in [1.54, 1.807) is 4.57 Å². The topological polar surface area (TPSA) is 100 Å². The minimum atomic E-state index is -3.82. The molecule has 1 saturated heterocycles. The van der Waals surface area contributed by atoms with Crippen LogP contribution in [0.5, 0.6) is 0 Å². The summed E-state index contributed by atoms with van der Waals surface area (Å²) in [5, 5.41) is 13.0. The van der Waals surface area contributed by atoms with Crippen LogP contribution in [0, 0.1) is 0 Å². The first-order chi connectivity index (χ1) is 9.02. The van der Waals surface area contributed by atoms with Gasteiger partial charge in [-0.3, -0.25) is 4.57 Å². The van der Waals surface area contributed by atoms with Gasteiger partial charge in [0.2, 0.25) is 0 Å². The molecule has 2 heterocycles. The second-order valence-electron chi connectivity index (χ2n) is 5.20. The molecular weight excluding hydrogens is 268 g/mol. The quantitative estimate of drug-likeness (QED) is 0.870. The van der Waals surface area contributed by atoms with Crippen LogP contribution in [0.2, 0.25) is 0 Å².